The first-order chi connectivity index (χ1) is 15.4. The standard InChI is InChI=1S/C15H12FN3O.C6H7N3O3/c1-20-14-7-5-13(6-8-14)19-10-15(17-18-19)11-3-2-4-12(16)9-11;1-4-2-8-3-5(9(10)11)7-6(8)12-4/h2-10H,1H3;3-4H,2H2,1H3. The molecule has 11 heteroatoms. The lowest BCUT2D eigenvalue weighted by atomic mass is 10.2. The topological polar surface area (TPSA) is 110 Å². The van der Waals surface area contributed by atoms with Gasteiger partial charge in [-0.2, -0.15) is 0 Å². The summed E-state index contributed by atoms with van der Waals surface area (Å²) < 4.78 is 26.8. The van der Waals surface area contributed by atoms with Crippen molar-refractivity contribution in [1.29, 1.82) is 0 Å². The Kier molecular flexibility index (Phi) is 5.79. The van der Waals surface area contributed by atoms with Crippen LogP contribution in [0.2, 0.25) is 0 Å². The first-order valence-corrected chi connectivity index (χ1v) is 9.64. The van der Waals surface area contributed by atoms with Crippen LogP contribution in [0.3, 0.4) is 0 Å². The van der Waals surface area contributed by atoms with E-state index in [-0.39, 0.29) is 17.7 Å². The van der Waals surface area contributed by atoms with E-state index >= 15 is 0 Å². The number of fused-ring (bicyclic) bond motifs is 1. The van der Waals surface area contributed by atoms with Crippen LogP contribution in [0, 0.1) is 15.9 Å². The highest BCUT2D eigenvalue weighted by molar-refractivity contribution is 5.58. The molecule has 0 radical (unpaired) electrons. The molecule has 3 heterocycles. The monoisotopic (exact) mass is 438 g/mol. The summed E-state index contributed by atoms with van der Waals surface area (Å²) in [5.74, 6) is 0.331. The molecule has 2 aromatic heterocycles. The molecule has 1 atom stereocenters. The summed E-state index contributed by atoms with van der Waals surface area (Å²) in [5, 5.41) is 18.4. The van der Waals surface area contributed by atoms with Crippen LogP contribution in [0.5, 0.6) is 11.8 Å². The fourth-order valence-corrected chi connectivity index (χ4v) is 3.10. The van der Waals surface area contributed by atoms with Crippen LogP contribution in [0.1, 0.15) is 6.92 Å². The highest BCUT2D eigenvalue weighted by atomic mass is 19.1. The molecule has 0 aliphatic carbocycles. The number of imidazole rings is 1. The third kappa shape index (κ3) is 4.56. The van der Waals surface area contributed by atoms with E-state index in [1.165, 1.54) is 18.3 Å². The van der Waals surface area contributed by atoms with Gasteiger partial charge in [-0.1, -0.05) is 17.3 Å². The van der Waals surface area contributed by atoms with Crippen molar-refractivity contribution in [2.75, 3.05) is 7.11 Å². The summed E-state index contributed by atoms with van der Waals surface area (Å²) >= 11 is 0. The van der Waals surface area contributed by atoms with Crippen LogP contribution in [0.15, 0.2) is 60.9 Å². The second kappa shape index (κ2) is 8.84. The lowest BCUT2D eigenvalue weighted by molar-refractivity contribution is -0.389. The number of halogens is 1. The average molecular weight is 438 g/mol. The van der Waals surface area contributed by atoms with E-state index in [2.05, 4.69) is 15.3 Å². The molecule has 0 saturated heterocycles. The van der Waals surface area contributed by atoms with E-state index in [0.29, 0.717) is 23.8 Å². The molecular weight excluding hydrogens is 419 g/mol. The molecule has 1 unspecified atom stereocenters. The molecule has 164 valence electrons. The smallest absolute Gasteiger partial charge is 0.414 e. The number of ether oxygens (including phenoxy) is 2. The van der Waals surface area contributed by atoms with Gasteiger partial charge < -0.3 is 19.6 Å². The molecular formula is C21H19FN6O4. The van der Waals surface area contributed by atoms with E-state index < -0.39 is 4.92 Å². The van der Waals surface area contributed by atoms with E-state index in [0.717, 1.165) is 11.4 Å². The SMILES string of the molecule is CC1Cn2cc([N+](=O)[O-])nc2O1.COc1ccc(-n2cc(-c3cccc(F)c3)nn2)cc1. The van der Waals surface area contributed by atoms with Crippen LogP contribution in [-0.2, 0) is 6.54 Å². The molecule has 0 N–H and O–H groups in total. The van der Waals surface area contributed by atoms with Crippen LogP contribution in [0.4, 0.5) is 10.2 Å². The van der Waals surface area contributed by atoms with Gasteiger partial charge in [-0.05, 0) is 48.2 Å². The molecule has 0 saturated carbocycles. The van der Waals surface area contributed by atoms with E-state index in [1.807, 2.05) is 31.2 Å². The van der Waals surface area contributed by atoms with Crippen molar-refractivity contribution >= 4 is 5.82 Å². The second-order valence-electron chi connectivity index (χ2n) is 6.98. The number of nitrogens with zero attached hydrogens (tertiary/aromatic N) is 6. The number of nitro groups is 1. The first-order valence-electron chi connectivity index (χ1n) is 9.64. The fourth-order valence-electron chi connectivity index (χ4n) is 3.10. The minimum Gasteiger partial charge on any atom is -0.497 e. The molecule has 2 aromatic carbocycles. The Morgan fingerprint density at radius 2 is 2.00 bits per heavy atom. The van der Waals surface area contributed by atoms with Crippen LogP contribution < -0.4 is 9.47 Å². The number of hydrogen-bond donors (Lipinski definition) is 0. The van der Waals surface area contributed by atoms with Crippen molar-refractivity contribution in [3.8, 4) is 28.7 Å². The van der Waals surface area contributed by atoms with E-state index in [1.54, 1.807) is 34.7 Å². The summed E-state index contributed by atoms with van der Waals surface area (Å²) in [6.07, 6.45) is 3.21. The minimum absolute atomic E-state index is 0.0632. The zero-order chi connectivity index (χ0) is 22.7. The van der Waals surface area contributed by atoms with Crippen molar-refractivity contribution in [3.63, 3.8) is 0 Å². The third-order valence-electron chi connectivity index (χ3n) is 4.63. The summed E-state index contributed by atoms with van der Waals surface area (Å²) in [6, 6.07) is 14.1. The maximum absolute atomic E-state index is 13.2. The molecule has 0 amide bonds. The van der Waals surface area contributed by atoms with Crippen molar-refractivity contribution in [2.45, 2.75) is 19.6 Å². The maximum atomic E-state index is 13.2. The van der Waals surface area contributed by atoms with Gasteiger partial charge in [0.2, 0.25) is 0 Å². The Balaban J connectivity index is 0.000000174. The lowest BCUT2D eigenvalue weighted by Gasteiger charge is -2.02. The molecule has 0 bridgehead atoms. The number of methoxy groups -OCH3 is 1. The molecule has 0 fully saturated rings. The molecule has 0 spiro atoms. The van der Waals surface area contributed by atoms with Gasteiger partial charge in [0.1, 0.15) is 29.6 Å². The van der Waals surface area contributed by atoms with Gasteiger partial charge in [0.15, 0.2) is 0 Å². The summed E-state index contributed by atoms with van der Waals surface area (Å²) in [6.45, 7) is 2.52. The van der Waals surface area contributed by atoms with Gasteiger partial charge in [0, 0.05) is 10.5 Å². The Hall–Kier alpha value is -4.28. The lowest BCUT2D eigenvalue weighted by Crippen LogP contribution is -2.08. The Morgan fingerprint density at radius 1 is 1.22 bits per heavy atom. The summed E-state index contributed by atoms with van der Waals surface area (Å²) in [4.78, 5) is 13.4. The molecule has 32 heavy (non-hydrogen) atoms. The van der Waals surface area contributed by atoms with Gasteiger partial charge in [0.25, 0.3) is 0 Å². The van der Waals surface area contributed by atoms with Gasteiger partial charge in [-0.25, -0.2) is 9.07 Å². The quantitative estimate of drug-likeness (QED) is 0.353. The molecule has 5 rings (SSSR count). The van der Waals surface area contributed by atoms with Crippen molar-refractivity contribution < 1.29 is 18.8 Å². The number of hydrogen-bond acceptors (Lipinski definition) is 7. The molecule has 10 nitrogen and oxygen atoms in total. The fraction of sp³-hybridized carbons (Fsp3) is 0.190. The average Bonchev–Trinajstić information content (AvgIpc) is 3.49. The van der Waals surface area contributed by atoms with E-state index in [9.17, 15) is 14.5 Å². The first kappa shape index (κ1) is 21.0. The van der Waals surface area contributed by atoms with Crippen molar-refractivity contribution in [1.82, 2.24) is 24.5 Å². The molecule has 4 aromatic rings. The predicted molar refractivity (Wildman–Crippen MR) is 112 cm³/mol. The van der Waals surface area contributed by atoms with Crippen LogP contribution in [-0.4, -0.2) is 42.7 Å². The zero-order valence-corrected chi connectivity index (χ0v) is 17.3. The predicted octanol–water partition coefficient (Wildman–Crippen LogP) is 3.65. The van der Waals surface area contributed by atoms with Crippen LogP contribution >= 0.6 is 0 Å². The number of rotatable bonds is 4. The highest BCUT2D eigenvalue weighted by Gasteiger charge is 2.28. The van der Waals surface area contributed by atoms with Gasteiger partial charge in [-0.3, -0.25) is 4.57 Å². The van der Waals surface area contributed by atoms with Crippen molar-refractivity contribution in [2.24, 2.45) is 0 Å². The maximum Gasteiger partial charge on any atom is 0.414 e. The summed E-state index contributed by atoms with van der Waals surface area (Å²) in [5.41, 5.74) is 2.19. The van der Waals surface area contributed by atoms with Gasteiger partial charge >= 0.3 is 11.8 Å². The second-order valence-corrected chi connectivity index (χ2v) is 6.98. The minimum atomic E-state index is -0.528. The Bertz CT molecular complexity index is 1210. The molecule has 1 aliphatic heterocycles. The molecule has 1 aliphatic rings. The van der Waals surface area contributed by atoms with Gasteiger partial charge in [-0.15, -0.1) is 5.10 Å². The van der Waals surface area contributed by atoms with E-state index in [4.69, 9.17) is 9.47 Å². The number of aromatic nitrogens is 5. The number of benzene rings is 2. The van der Waals surface area contributed by atoms with Crippen molar-refractivity contribution in [3.05, 3.63) is 76.9 Å². The Labute approximate surface area is 182 Å². The Morgan fingerprint density at radius 3 is 2.66 bits per heavy atom. The zero-order valence-electron chi connectivity index (χ0n) is 17.3. The largest absolute Gasteiger partial charge is 0.497 e. The highest BCUT2D eigenvalue weighted by Crippen LogP contribution is 2.24. The normalized spacial score (nSPS) is 14.2. The summed E-state index contributed by atoms with van der Waals surface area (Å²) in [7, 11) is 1.62. The van der Waals surface area contributed by atoms with Gasteiger partial charge in [0.05, 0.1) is 25.5 Å². The third-order valence-corrected chi connectivity index (χ3v) is 4.63. The van der Waals surface area contributed by atoms with Crippen LogP contribution in [0.25, 0.3) is 16.9 Å².